The lowest BCUT2D eigenvalue weighted by Crippen LogP contribution is -2.06. The summed E-state index contributed by atoms with van der Waals surface area (Å²) in [4.78, 5) is 8.63. The molecule has 0 aromatic carbocycles. The van der Waals surface area contributed by atoms with Crippen LogP contribution in [0.25, 0.3) is 5.95 Å². The van der Waals surface area contributed by atoms with E-state index in [0.717, 1.165) is 11.4 Å². The molecular formula is C12H15N3O2. The fraction of sp³-hybridized carbons (Fsp3) is 0.333. The van der Waals surface area contributed by atoms with Crippen molar-refractivity contribution in [1.29, 1.82) is 0 Å². The molecule has 0 aliphatic rings. The Balaban J connectivity index is 2.58. The molecule has 2 aromatic heterocycles. The third-order valence-electron chi connectivity index (χ3n) is 2.56. The lowest BCUT2D eigenvalue weighted by atomic mass is 10.5. The van der Waals surface area contributed by atoms with Crippen molar-refractivity contribution in [3.63, 3.8) is 0 Å². The minimum absolute atomic E-state index is 0.486. The van der Waals surface area contributed by atoms with Crippen molar-refractivity contribution in [2.75, 3.05) is 14.2 Å². The van der Waals surface area contributed by atoms with Crippen molar-refractivity contribution in [1.82, 2.24) is 14.5 Å². The first-order valence-corrected chi connectivity index (χ1v) is 5.28. The zero-order valence-corrected chi connectivity index (χ0v) is 10.4. The predicted molar refractivity (Wildman–Crippen MR) is 63.9 cm³/mol. The van der Waals surface area contributed by atoms with Crippen molar-refractivity contribution in [2.45, 2.75) is 13.8 Å². The molecule has 2 rings (SSSR count). The summed E-state index contributed by atoms with van der Waals surface area (Å²) in [5.74, 6) is 1.53. The summed E-state index contributed by atoms with van der Waals surface area (Å²) < 4.78 is 12.2. The van der Waals surface area contributed by atoms with Gasteiger partial charge in [-0.3, -0.25) is 4.57 Å². The zero-order chi connectivity index (χ0) is 12.4. The lowest BCUT2D eigenvalue weighted by molar-refractivity contribution is 0.370. The number of methoxy groups -OCH3 is 2. The first-order valence-electron chi connectivity index (χ1n) is 5.28. The fourth-order valence-corrected chi connectivity index (χ4v) is 1.69. The fourth-order valence-electron chi connectivity index (χ4n) is 1.69. The number of aromatic nitrogens is 3. The molecular weight excluding hydrogens is 218 g/mol. The van der Waals surface area contributed by atoms with Crippen LogP contribution in [0.1, 0.15) is 11.4 Å². The Morgan fingerprint density at radius 3 is 1.82 bits per heavy atom. The van der Waals surface area contributed by atoms with Crippen LogP contribution in [0.5, 0.6) is 11.8 Å². The van der Waals surface area contributed by atoms with Crippen molar-refractivity contribution >= 4 is 0 Å². The molecule has 0 bridgehead atoms. The molecule has 0 atom stereocenters. The number of rotatable bonds is 3. The van der Waals surface area contributed by atoms with Crippen molar-refractivity contribution in [3.05, 3.63) is 29.6 Å². The summed E-state index contributed by atoms with van der Waals surface area (Å²) in [6.45, 7) is 4.00. The van der Waals surface area contributed by atoms with Crippen LogP contribution in [0, 0.1) is 13.8 Å². The van der Waals surface area contributed by atoms with E-state index in [-0.39, 0.29) is 0 Å². The maximum absolute atomic E-state index is 5.13. The Labute approximate surface area is 100 Å². The van der Waals surface area contributed by atoms with Gasteiger partial charge in [-0.15, -0.1) is 0 Å². The van der Waals surface area contributed by atoms with Gasteiger partial charge < -0.3 is 9.47 Å². The largest absolute Gasteiger partial charge is 0.481 e. The van der Waals surface area contributed by atoms with Crippen LogP contribution in [-0.4, -0.2) is 28.8 Å². The summed E-state index contributed by atoms with van der Waals surface area (Å²) >= 11 is 0. The molecule has 5 heteroatoms. The van der Waals surface area contributed by atoms with Gasteiger partial charge in [-0.2, -0.15) is 9.97 Å². The van der Waals surface area contributed by atoms with E-state index in [9.17, 15) is 0 Å². The summed E-state index contributed by atoms with van der Waals surface area (Å²) in [6, 6.07) is 5.69. The second-order valence-electron chi connectivity index (χ2n) is 3.70. The summed E-state index contributed by atoms with van der Waals surface area (Å²) in [6.07, 6.45) is 0. The van der Waals surface area contributed by atoms with Gasteiger partial charge in [0, 0.05) is 11.4 Å². The highest BCUT2D eigenvalue weighted by atomic mass is 16.5. The highest BCUT2D eigenvalue weighted by Crippen LogP contribution is 2.19. The number of aryl methyl sites for hydroxylation is 2. The smallest absolute Gasteiger partial charge is 0.240 e. The normalized spacial score (nSPS) is 10.4. The molecule has 0 amide bonds. The van der Waals surface area contributed by atoms with Crippen molar-refractivity contribution < 1.29 is 9.47 Å². The first kappa shape index (κ1) is 11.4. The summed E-state index contributed by atoms with van der Waals surface area (Å²) in [5.41, 5.74) is 2.13. The highest BCUT2D eigenvalue weighted by Gasteiger charge is 2.10. The number of hydrogen-bond donors (Lipinski definition) is 0. The monoisotopic (exact) mass is 233 g/mol. The second kappa shape index (κ2) is 4.45. The Bertz CT molecular complexity index is 493. The summed E-state index contributed by atoms with van der Waals surface area (Å²) in [7, 11) is 3.14. The number of nitrogens with zero attached hydrogens (tertiary/aromatic N) is 3. The molecule has 0 saturated heterocycles. The standard InChI is InChI=1S/C12H15N3O2/c1-8-5-6-9(2)15(8)12-13-10(16-3)7-11(14-12)17-4/h5-7H,1-4H3. The van der Waals surface area contributed by atoms with E-state index in [2.05, 4.69) is 9.97 Å². The maximum Gasteiger partial charge on any atom is 0.240 e. The Morgan fingerprint density at radius 2 is 1.41 bits per heavy atom. The minimum atomic E-state index is 0.486. The average molecular weight is 233 g/mol. The topological polar surface area (TPSA) is 49.2 Å². The summed E-state index contributed by atoms with van der Waals surface area (Å²) in [5, 5.41) is 0. The Morgan fingerprint density at radius 1 is 0.941 bits per heavy atom. The van der Waals surface area contributed by atoms with Gasteiger partial charge >= 0.3 is 0 Å². The molecule has 17 heavy (non-hydrogen) atoms. The molecule has 90 valence electrons. The molecule has 0 unspecified atom stereocenters. The van der Waals surface area contributed by atoms with Gasteiger partial charge in [0.1, 0.15) is 0 Å². The minimum Gasteiger partial charge on any atom is -0.481 e. The van der Waals surface area contributed by atoms with Gasteiger partial charge in [-0.25, -0.2) is 0 Å². The van der Waals surface area contributed by atoms with E-state index in [0.29, 0.717) is 17.7 Å². The Kier molecular flexibility index (Phi) is 2.99. The molecule has 0 spiro atoms. The predicted octanol–water partition coefficient (Wildman–Crippen LogP) is 1.90. The van der Waals surface area contributed by atoms with Crippen LogP contribution < -0.4 is 9.47 Å². The van der Waals surface area contributed by atoms with Gasteiger partial charge in [0.2, 0.25) is 17.7 Å². The van der Waals surface area contributed by atoms with E-state index < -0.39 is 0 Å². The van der Waals surface area contributed by atoms with Gasteiger partial charge in [-0.1, -0.05) is 0 Å². The van der Waals surface area contributed by atoms with Crippen LogP contribution in [-0.2, 0) is 0 Å². The molecule has 0 N–H and O–H groups in total. The molecule has 0 aliphatic carbocycles. The van der Waals surface area contributed by atoms with E-state index >= 15 is 0 Å². The van der Waals surface area contributed by atoms with Crippen LogP contribution in [0.2, 0.25) is 0 Å². The zero-order valence-electron chi connectivity index (χ0n) is 10.4. The van der Waals surface area contributed by atoms with Gasteiger partial charge in [0.25, 0.3) is 0 Å². The molecule has 0 aliphatic heterocycles. The molecule has 2 heterocycles. The van der Waals surface area contributed by atoms with Crippen LogP contribution in [0.4, 0.5) is 0 Å². The number of ether oxygens (including phenoxy) is 2. The van der Waals surface area contributed by atoms with E-state index in [4.69, 9.17) is 9.47 Å². The van der Waals surface area contributed by atoms with Gasteiger partial charge in [0.05, 0.1) is 20.3 Å². The van der Waals surface area contributed by atoms with E-state index in [1.807, 2.05) is 30.5 Å². The van der Waals surface area contributed by atoms with E-state index in [1.165, 1.54) is 0 Å². The molecule has 0 radical (unpaired) electrons. The van der Waals surface area contributed by atoms with Gasteiger partial charge in [-0.05, 0) is 26.0 Å². The third-order valence-corrected chi connectivity index (χ3v) is 2.56. The van der Waals surface area contributed by atoms with Crippen LogP contribution in [0.3, 0.4) is 0 Å². The SMILES string of the molecule is COc1cc(OC)nc(-n2c(C)ccc2C)n1. The molecule has 0 fully saturated rings. The quantitative estimate of drug-likeness (QED) is 0.812. The Hall–Kier alpha value is -2.04. The third kappa shape index (κ3) is 2.08. The second-order valence-corrected chi connectivity index (χ2v) is 3.70. The maximum atomic E-state index is 5.13. The van der Waals surface area contributed by atoms with Crippen molar-refractivity contribution in [2.24, 2.45) is 0 Å². The lowest BCUT2D eigenvalue weighted by Gasteiger charge is -2.10. The average Bonchev–Trinajstić information content (AvgIpc) is 2.68. The highest BCUT2D eigenvalue weighted by molar-refractivity contribution is 5.31. The number of hydrogen-bond acceptors (Lipinski definition) is 4. The molecule has 0 saturated carbocycles. The first-order chi connectivity index (χ1) is 8.15. The van der Waals surface area contributed by atoms with Gasteiger partial charge in [0.15, 0.2) is 0 Å². The van der Waals surface area contributed by atoms with Crippen LogP contribution >= 0.6 is 0 Å². The van der Waals surface area contributed by atoms with Crippen molar-refractivity contribution in [3.8, 4) is 17.7 Å². The molecule has 5 nitrogen and oxygen atoms in total. The van der Waals surface area contributed by atoms with E-state index in [1.54, 1.807) is 20.3 Å². The van der Waals surface area contributed by atoms with Crippen LogP contribution in [0.15, 0.2) is 18.2 Å². The molecule has 2 aromatic rings.